The van der Waals surface area contributed by atoms with Crippen LogP contribution < -0.4 is 10.2 Å². The Balaban J connectivity index is 1.61. The second-order valence-corrected chi connectivity index (χ2v) is 8.96. The van der Waals surface area contributed by atoms with Crippen LogP contribution in [0.15, 0.2) is 53.4 Å². The molecule has 7 heteroatoms. The third kappa shape index (κ3) is 4.94. The minimum atomic E-state index is -3.50. The van der Waals surface area contributed by atoms with E-state index in [1.807, 2.05) is 0 Å². The van der Waals surface area contributed by atoms with Gasteiger partial charge in [0.2, 0.25) is 15.9 Å². The van der Waals surface area contributed by atoms with Gasteiger partial charge in [-0.2, -0.15) is 4.31 Å². The summed E-state index contributed by atoms with van der Waals surface area (Å²) in [5, 5.41) is 2.65. The zero-order chi connectivity index (χ0) is 19.4. The van der Waals surface area contributed by atoms with Gasteiger partial charge in [0.25, 0.3) is 0 Å². The van der Waals surface area contributed by atoms with E-state index in [9.17, 15) is 13.2 Å². The second-order valence-electron chi connectivity index (χ2n) is 7.03. The molecule has 1 fully saturated rings. The van der Waals surface area contributed by atoms with E-state index >= 15 is 0 Å². The van der Waals surface area contributed by atoms with Gasteiger partial charge in [0, 0.05) is 18.2 Å². The molecular formula is C20H26N3O3S+. The fourth-order valence-corrected chi connectivity index (χ4v) is 4.83. The van der Waals surface area contributed by atoms with Crippen molar-refractivity contribution < 1.29 is 18.1 Å². The Kier molecular flexibility index (Phi) is 5.94. The predicted octanol–water partition coefficient (Wildman–Crippen LogP) is 1.04. The van der Waals surface area contributed by atoms with Crippen LogP contribution in [0.25, 0.3) is 0 Å². The van der Waals surface area contributed by atoms with Gasteiger partial charge in [-0.1, -0.05) is 29.8 Å². The highest BCUT2D eigenvalue weighted by molar-refractivity contribution is 7.89. The SMILES string of the molecule is CC(=O)Nc1ccc(S(=O)(=O)N2CC[NH+](Cc3cccc(C)c3)CC2)cc1. The molecule has 0 saturated carbocycles. The van der Waals surface area contributed by atoms with E-state index in [1.54, 1.807) is 28.6 Å². The van der Waals surface area contributed by atoms with Crippen molar-refractivity contribution >= 4 is 21.6 Å². The molecular weight excluding hydrogens is 362 g/mol. The van der Waals surface area contributed by atoms with Gasteiger partial charge in [-0.3, -0.25) is 4.79 Å². The van der Waals surface area contributed by atoms with Crippen molar-refractivity contribution in [1.29, 1.82) is 0 Å². The van der Waals surface area contributed by atoms with Crippen LogP contribution in [0.3, 0.4) is 0 Å². The summed E-state index contributed by atoms with van der Waals surface area (Å²) >= 11 is 0. The van der Waals surface area contributed by atoms with E-state index in [-0.39, 0.29) is 10.8 Å². The fraction of sp³-hybridized carbons (Fsp3) is 0.350. The standard InChI is InChI=1S/C20H25N3O3S/c1-16-4-3-5-18(14-16)15-22-10-12-23(13-11-22)27(25,26)20-8-6-19(7-9-20)21-17(2)24/h3-9,14H,10-13,15H2,1-2H3,(H,21,24)/p+1. The van der Waals surface area contributed by atoms with Gasteiger partial charge in [-0.25, -0.2) is 8.42 Å². The lowest BCUT2D eigenvalue weighted by atomic mass is 10.1. The smallest absolute Gasteiger partial charge is 0.243 e. The van der Waals surface area contributed by atoms with E-state index in [2.05, 4.69) is 36.5 Å². The molecule has 0 spiro atoms. The summed E-state index contributed by atoms with van der Waals surface area (Å²) in [6.45, 7) is 7.02. The van der Waals surface area contributed by atoms with Crippen molar-refractivity contribution in [2.45, 2.75) is 25.3 Å². The lowest BCUT2D eigenvalue weighted by molar-refractivity contribution is -0.917. The van der Waals surface area contributed by atoms with E-state index < -0.39 is 10.0 Å². The molecule has 0 aliphatic carbocycles. The van der Waals surface area contributed by atoms with Gasteiger partial charge in [-0.05, 0) is 31.2 Å². The normalized spacial score (nSPS) is 16.2. The van der Waals surface area contributed by atoms with Crippen molar-refractivity contribution in [1.82, 2.24) is 4.31 Å². The minimum Gasteiger partial charge on any atom is -0.329 e. The zero-order valence-electron chi connectivity index (χ0n) is 15.7. The first-order valence-electron chi connectivity index (χ1n) is 9.11. The third-order valence-corrected chi connectivity index (χ3v) is 6.69. The molecule has 0 bridgehead atoms. The number of nitrogens with one attached hydrogen (secondary N) is 2. The molecule has 0 atom stereocenters. The van der Waals surface area contributed by atoms with Crippen LogP contribution in [0.2, 0.25) is 0 Å². The number of anilines is 1. The Hall–Kier alpha value is -2.22. The van der Waals surface area contributed by atoms with Crippen LogP contribution in [0.4, 0.5) is 5.69 Å². The Morgan fingerprint density at radius 3 is 2.37 bits per heavy atom. The summed E-state index contributed by atoms with van der Waals surface area (Å²) in [6.07, 6.45) is 0. The molecule has 6 nitrogen and oxygen atoms in total. The van der Waals surface area contributed by atoms with Crippen LogP contribution >= 0.6 is 0 Å². The van der Waals surface area contributed by atoms with Crippen LogP contribution in [-0.4, -0.2) is 44.8 Å². The first kappa shape index (κ1) is 19.5. The van der Waals surface area contributed by atoms with E-state index in [1.165, 1.54) is 23.0 Å². The number of carbonyl (C=O) groups excluding carboxylic acids is 1. The number of sulfonamides is 1. The van der Waals surface area contributed by atoms with Gasteiger partial charge >= 0.3 is 0 Å². The number of benzene rings is 2. The van der Waals surface area contributed by atoms with E-state index in [0.29, 0.717) is 18.8 Å². The Morgan fingerprint density at radius 1 is 1.11 bits per heavy atom. The number of amides is 1. The molecule has 2 N–H and O–H groups in total. The van der Waals surface area contributed by atoms with Gasteiger partial charge in [0.05, 0.1) is 31.1 Å². The molecule has 1 heterocycles. The number of aryl methyl sites for hydroxylation is 1. The summed E-state index contributed by atoms with van der Waals surface area (Å²) in [5.74, 6) is -0.182. The Bertz CT molecular complexity index is 902. The maximum atomic E-state index is 12.9. The maximum Gasteiger partial charge on any atom is 0.243 e. The number of hydrogen-bond donors (Lipinski definition) is 2. The molecule has 3 rings (SSSR count). The highest BCUT2D eigenvalue weighted by atomic mass is 32.2. The van der Waals surface area contributed by atoms with Gasteiger partial charge in [0.1, 0.15) is 6.54 Å². The number of piperazine rings is 1. The molecule has 1 aliphatic heterocycles. The first-order valence-corrected chi connectivity index (χ1v) is 10.6. The first-order chi connectivity index (χ1) is 12.8. The zero-order valence-corrected chi connectivity index (χ0v) is 16.6. The summed E-state index contributed by atoms with van der Waals surface area (Å²) in [7, 11) is -3.50. The molecule has 0 unspecified atom stereocenters. The van der Waals surface area contributed by atoms with Crippen molar-refractivity contribution in [3.63, 3.8) is 0 Å². The summed E-state index contributed by atoms with van der Waals surface area (Å²) in [4.78, 5) is 12.7. The summed E-state index contributed by atoms with van der Waals surface area (Å²) < 4.78 is 27.3. The number of quaternary nitrogens is 1. The molecule has 1 aliphatic rings. The third-order valence-electron chi connectivity index (χ3n) is 4.78. The largest absolute Gasteiger partial charge is 0.329 e. The van der Waals surface area contributed by atoms with Gasteiger partial charge in [-0.15, -0.1) is 0 Å². The molecule has 0 aromatic heterocycles. The molecule has 1 saturated heterocycles. The summed E-state index contributed by atoms with van der Waals surface area (Å²) in [6, 6.07) is 14.8. The molecule has 2 aromatic rings. The number of carbonyl (C=O) groups is 1. The number of nitrogens with zero attached hydrogens (tertiary/aromatic N) is 1. The molecule has 2 aromatic carbocycles. The lowest BCUT2D eigenvalue weighted by Gasteiger charge is -2.31. The minimum absolute atomic E-state index is 0.182. The van der Waals surface area contributed by atoms with Crippen LogP contribution in [-0.2, 0) is 21.4 Å². The average molecular weight is 389 g/mol. The van der Waals surface area contributed by atoms with E-state index in [0.717, 1.165) is 19.6 Å². The number of hydrogen-bond acceptors (Lipinski definition) is 3. The highest BCUT2D eigenvalue weighted by Gasteiger charge is 2.30. The van der Waals surface area contributed by atoms with Crippen molar-refractivity contribution in [3.05, 3.63) is 59.7 Å². The van der Waals surface area contributed by atoms with Crippen molar-refractivity contribution in [2.75, 3.05) is 31.5 Å². The monoisotopic (exact) mass is 388 g/mol. The average Bonchev–Trinajstić information content (AvgIpc) is 2.62. The number of rotatable bonds is 5. The highest BCUT2D eigenvalue weighted by Crippen LogP contribution is 2.18. The summed E-state index contributed by atoms with van der Waals surface area (Å²) in [5.41, 5.74) is 3.12. The van der Waals surface area contributed by atoms with E-state index in [4.69, 9.17) is 0 Å². The van der Waals surface area contributed by atoms with Gasteiger partial charge in [0.15, 0.2) is 0 Å². The molecule has 1 amide bonds. The van der Waals surface area contributed by atoms with Crippen molar-refractivity contribution in [3.8, 4) is 0 Å². The fourth-order valence-electron chi connectivity index (χ4n) is 3.39. The molecule has 27 heavy (non-hydrogen) atoms. The maximum absolute atomic E-state index is 12.9. The second kappa shape index (κ2) is 8.21. The van der Waals surface area contributed by atoms with Crippen molar-refractivity contribution in [2.24, 2.45) is 0 Å². The van der Waals surface area contributed by atoms with Crippen LogP contribution in [0.1, 0.15) is 18.1 Å². The predicted molar refractivity (Wildman–Crippen MR) is 105 cm³/mol. The molecule has 144 valence electrons. The topological polar surface area (TPSA) is 70.9 Å². The van der Waals surface area contributed by atoms with Gasteiger partial charge < -0.3 is 10.2 Å². The Labute approximate surface area is 160 Å². The Morgan fingerprint density at radius 2 is 1.78 bits per heavy atom. The lowest BCUT2D eigenvalue weighted by Crippen LogP contribution is -3.13. The quantitative estimate of drug-likeness (QED) is 0.804. The molecule has 0 radical (unpaired) electrons. The van der Waals surface area contributed by atoms with Crippen LogP contribution in [0.5, 0.6) is 0 Å². The van der Waals surface area contributed by atoms with Crippen LogP contribution in [0, 0.1) is 6.92 Å².